The topological polar surface area (TPSA) is 57.2 Å². The standard InChI is InChI=1S/C18H18O5/c1-3-21-17-8-16-12(7-14(17)19)13-9-22-15-6-10(20-2)4-5-11(15)18(13)23-16/h4-8,13,18-19H,3,9H2,1-2H3. The Morgan fingerprint density at radius 2 is 2.04 bits per heavy atom. The molecule has 0 saturated carbocycles. The molecule has 2 atom stereocenters. The Labute approximate surface area is 134 Å². The zero-order valence-electron chi connectivity index (χ0n) is 13.0. The monoisotopic (exact) mass is 314 g/mol. The van der Waals surface area contributed by atoms with E-state index in [0.29, 0.717) is 19.0 Å². The van der Waals surface area contributed by atoms with Gasteiger partial charge in [-0.1, -0.05) is 0 Å². The molecule has 2 unspecified atom stereocenters. The fourth-order valence-corrected chi connectivity index (χ4v) is 3.25. The summed E-state index contributed by atoms with van der Waals surface area (Å²) in [4.78, 5) is 0. The number of hydrogen-bond acceptors (Lipinski definition) is 5. The van der Waals surface area contributed by atoms with Gasteiger partial charge in [0.25, 0.3) is 0 Å². The maximum atomic E-state index is 10.1. The van der Waals surface area contributed by atoms with Gasteiger partial charge in [-0.15, -0.1) is 0 Å². The molecule has 4 rings (SSSR count). The molecule has 5 heteroatoms. The minimum Gasteiger partial charge on any atom is -0.504 e. The van der Waals surface area contributed by atoms with Gasteiger partial charge in [-0.3, -0.25) is 0 Å². The summed E-state index contributed by atoms with van der Waals surface area (Å²) in [5, 5.41) is 10.1. The summed E-state index contributed by atoms with van der Waals surface area (Å²) < 4.78 is 22.7. The first kappa shape index (κ1) is 14.1. The van der Waals surface area contributed by atoms with Gasteiger partial charge in [-0.25, -0.2) is 0 Å². The smallest absolute Gasteiger partial charge is 0.164 e. The highest BCUT2D eigenvalue weighted by Gasteiger charge is 2.41. The third-order valence-electron chi connectivity index (χ3n) is 4.36. The molecule has 0 radical (unpaired) electrons. The third-order valence-corrected chi connectivity index (χ3v) is 4.36. The molecule has 0 bridgehead atoms. The van der Waals surface area contributed by atoms with E-state index in [4.69, 9.17) is 18.9 Å². The Morgan fingerprint density at radius 1 is 1.17 bits per heavy atom. The van der Waals surface area contributed by atoms with Crippen molar-refractivity contribution < 1.29 is 24.1 Å². The molecule has 2 heterocycles. The Kier molecular flexibility index (Phi) is 3.22. The predicted octanol–water partition coefficient (Wildman–Crippen LogP) is 3.41. The van der Waals surface area contributed by atoms with E-state index in [1.807, 2.05) is 25.1 Å². The molecule has 2 aromatic carbocycles. The average molecular weight is 314 g/mol. The van der Waals surface area contributed by atoms with E-state index >= 15 is 0 Å². The highest BCUT2D eigenvalue weighted by molar-refractivity contribution is 5.56. The van der Waals surface area contributed by atoms with E-state index in [1.54, 1.807) is 19.2 Å². The number of benzene rings is 2. The van der Waals surface area contributed by atoms with E-state index in [0.717, 1.165) is 28.4 Å². The van der Waals surface area contributed by atoms with Crippen LogP contribution in [0.1, 0.15) is 30.1 Å². The van der Waals surface area contributed by atoms with Gasteiger partial charge in [0, 0.05) is 23.3 Å². The molecule has 0 aliphatic carbocycles. The van der Waals surface area contributed by atoms with Gasteiger partial charge in [-0.05, 0) is 25.1 Å². The minimum absolute atomic E-state index is 0.0625. The highest BCUT2D eigenvalue weighted by atomic mass is 16.5. The van der Waals surface area contributed by atoms with E-state index in [1.165, 1.54) is 0 Å². The number of fused-ring (bicyclic) bond motifs is 5. The van der Waals surface area contributed by atoms with Crippen LogP contribution in [0.4, 0.5) is 0 Å². The third kappa shape index (κ3) is 2.15. The van der Waals surface area contributed by atoms with Crippen LogP contribution in [0.15, 0.2) is 30.3 Å². The van der Waals surface area contributed by atoms with Crippen molar-refractivity contribution in [1.29, 1.82) is 0 Å². The van der Waals surface area contributed by atoms with Gasteiger partial charge in [0.2, 0.25) is 0 Å². The fourth-order valence-electron chi connectivity index (χ4n) is 3.25. The highest BCUT2D eigenvalue weighted by Crippen LogP contribution is 2.53. The van der Waals surface area contributed by atoms with Crippen molar-refractivity contribution in [2.24, 2.45) is 0 Å². The second-order valence-corrected chi connectivity index (χ2v) is 5.65. The molecule has 0 fully saturated rings. The van der Waals surface area contributed by atoms with Crippen LogP contribution in [0, 0.1) is 0 Å². The molecule has 2 aliphatic heterocycles. The lowest BCUT2D eigenvalue weighted by atomic mass is 9.89. The molecule has 5 nitrogen and oxygen atoms in total. The molecule has 2 aliphatic rings. The molecule has 23 heavy (non-hydrogen) atoms. The van der Waals surface area contributed by atoms with Crippen molar-refractivity contribution in [3.63, 3.8) is 0 Å². The first-order chi connectivity index (χ1) is 11.2. The normalized spacial score (nSPS) is 20.6. The largest absolute Gasteiger partial charge is 0.504 e. The average Bonchev–Trinajstić information content (AvgIpc) is 2.92. The number of phenols is 1. The molecular weight excluding hydrogens is 296 g/mol. The first-order valence-corrected chi connectivity index (χ1v) is 7.68. The van der Waals surface area contributed by atoms with Crippen LogP contribution in [-0.2, 0) is 0 Å². The number of phenolic OH excluding ortho intramolecular Hbond substituents is 1. The predicted molar refractivity (Wildman–Crippen MR) is 83.9 cm³/mol. The van der Waals surface area contributed by atoms with Gasteiger partial charge in [0.1, 0.15) is 23.4 Å². The Morgan fingerprint density at radius 3 is 2.83 bits per heavy atom. The summed E-state index contributed by atoms with van der Waals surface area (Å²) >= 11 is 0. The Bertz CT molecular complexity index is 755. The number of methoxy groups -OCH3 is 1. The van der Waals surface area contributed by atoms with Crippen molar-refractivity contribution in [3.8, 4) is 28.7 Å². The van der Waals surface area contributed by atoms with Crippen LogP contribution in [0.5, 0.6) is 28.7 Å². The fraction of sp³-hybridized carbons (Fsp3) is 0.333. The maximum Gasteiger partial charge on any atom is 0.164 e. The van der Waals surface area contributed by atoms with E-state index in [2.05, 4.69) is 0 Å². The molecule has 0 spiro atoms. The minimum atomic E-state index is -0.115. The molecule has 120 valence electrons. The summed E-state index contributed by atoms with van der Waals surface area (Å²) in [5.74, 6) is 2.93. The lowest BCUT2D eigenvalue weighted by Gasteiger charge is -2.28. The van der Waals surface area contributed by atoms with Gasteiger partial charge < -0.3 is 24.1 Å². The van der Waals surface area contributed by atoms with E-state index in [-0.39, 0.29) is 17.8 Å². The molecular formula is C18H18O5. The van der Waals surface area contributed by atoms with Crippen LogP contribution in [0.2, 0.25) is 0 Å². The van der Waals surface area contributed by atoms with Crippen molar-refractivity contribution >= 4 is 0 Å². The second kappa shape index (κ2) is 5.26. The van der Waals surface area contributed by atoms with E-state index in [9.17, 15) is 5.11 Å². The van der Waals surface area contributed by atoms with Gasteiger partial charge in [0.15, 0.2) is 11.5 Å². The van der Waals surface area contributed by atoms with Crippen molar-refractivity contribution in [1.82, 2.24) is 0 Å². The summed E-state index contributed by atoms with van der Waals surface area (Å²) in [6.45, 7) is 2.88. The molecule has 1 N–H and O–H groups in total. The maximum absolute atomic E-state index is 10.1. The second-order valence-electron chi connectivity index (χ2n) is 5.65. The molecule has 0 amide bonds. The number of rotatable bonds is 3. The summed E-state index contributed by atoms with van der Waals surface area (Å²) in [6, 6.07) is 9.24. The lowest BCUT2D eigenvalue weighted by Crippen LogP contribution is -2.23. The lowest BCUT2D eigenvalue weighted by molar-refractivity contribution is 0.139. The van der Waals surface area contributed by atoms with Crippen LogP contribution >= 0.6 is 0 Å². The number of ether oxygens (including phenoxy) is 4. The van der Waals surface area contributed by atoms with Gasteiger partial charge in [-0.2, -0.15) is 0 Å². The SMILES string of the molecule is CCOc1cc2c(cc1O)C1COc3cc(OC)ccc3C1O2. The molecule has 0 saturated heterocycles. The van der Waals surface area contributed by atoms with Crippen LogP contribution in [0.25, 0.3) is 0 Å². The Hall–Kier alpha value is -2.56. The van der Waals surface area contributed by atoms with Crippen molar-refractivity contribution in [2.45, 2.75) is 18.9 Å². The number of aromatic hydroxyl groups is 1. The summed E-state index contributed by atoms with van der Waals surface area (Å²) in [5.41, 5.74) is 1.95. The quantitative estimate of drug-likeness (QED) is 0.941. The van der Waals surface area contributed by atoms with Crippen molar-refractivity contribution in [2.75, 3.05) is 20.3 Å². The van der Waals surface area contributed by atoms with Crippen LogP contribution in [0.3, 0.4) is 0 Å². The summed E-state index contributed by atoms with van der Waals surface area (Å²) in [7, 11) is 1.63. The first-order valence-electron chi connectivity index (χ1n) is 7.68. The summed E-state index contributed by atoms with van der Waals surface area (Å²) in [6.07, 6.45) is -0.115. The Balaban J connectivity index is 1.73. The van der Waals surface area contributed by atoms with Crippen LogP contribution in [-0.4, -0.2) is 25.4 Å². The van der Waals surface area contributed by atoms with Gasteiger partial charge >= 0.3 is 0 Å². The molecule has 2 aromatic rings. The van der Waals surface area contributed by atoms with Crippen LogP contribution < -0.4 is 18.9 Å². The number of hydrogen-bond donors (Lipinski definition) is 1. The zero-order chi connectivity index (χ0) is 16.0. The van der Waals surface area contributed by atoms with Crippen molar-refractivity contribution in [3.05, 3.63) is 41.5 Å². The zero-order valence-corrected chi connectivity index (χ0v) is 13.0. The van der Waals surface area contributed by atoms with Gasteiger partial charge in [0.05, 0.1) is 26.2 Å². The molecule has 0 aromatic heterocycles. The van der Waals surface area contributed by atoms with E-state index < -0.39 is 0 Å².